The van der Waals surface area contributed by atoms with Gasteiger partial charge >= 0.3 is 0 Å². The van der Waals surface area contributed by atoms with Crippen molar-refractivity contribution in [2.45, 2.75) is 20.4 Å². The van der Waals surface area contributed by atoms with Gasteiger partial charge < -0.3 is 4.90 Å². The Morgan fingerprint density at radius 1 is 1.26 bits per heavy atom. The zero-order chi connectivity index (χ0) is 14.0. The van der Waals surface area contributed by atoms with E-state index < -0.39 is 0 Å². The van der Waals surface area contributed by atoms with E-state index in [0.717, 1.165) is 20.5 Å². The lowest BCUT2D eigenvalue weighted by molar-refractivity contribution is 0.0785. The summed E-state index contributed by atoms with van der Waals surface area (Å²) in [6, 6.07) is 10.0. The molecule has 0 saturated heterocycles. The van der Waals surface area contributed by atoms with Crippen LogP contribution < -0.4 is 0 Å². The Hall–Kier alpha value is -1.13. The van der Waals surface area contributed by atoms with Crippen LogP contribution in [0.15, 0.2) is 34.1 Å². The molecule has 0 aliphatic carbocycles. The van der Waals surface area contributed by atoms with Crippen LogP contribution in [-0.4, -0.2) is 17.9 Å². The lowest BCUT2D eigenvalue weighted by atomic mass is 10.0. The molecule has 0 saturated carbocycles. The van der Waals surface area contributed by atoms with Crippen molar-refractivity contribution in [2.75, 3.05) is 7.05 Å². The van der Waals surface area contributed by atoms with Gasteiger partial charge in [0.25, 0.3) is 5.91 Å². The fourth-order valence-electron chi connectivity index (χ4n) is 1.91. The number of rotatable bonds is 3. The molecular weight excluding hydrogens is 322 g/mol. The number of halogens is 1. The average molecular weight is 338 g/mol. The van der Waals surface area contributed by atoms with Gasteiger partial charge in [0.1, 0.15) is 0 Å². The molecule has 4 heteroatoms. The van der Waals surface area contributed by atoms with Crippen LogP contribution in [0.5, 0.6) is 0 Å². The molecule has 1 aromatic heterocycles. The molecule has 100 valence electrons. The van der Waals surface area contributed by atoms with Gasteiger partial charge in [-0.15, -0.1) is 11.3 Å². The van der Waals surface area contributed by atoms with Crippen LogP contribution in [0.2, 0.25) is 0 Å². The fraction of sp³-hybridized carbons (Fsp3) is 0.267. The number of nitrogens with zero attached hydrogens (tertiary/aromatic N) is 1. The van der Waals surface area contributed by atoms with Gasteiger partial charge in [-0.05, 0) is 53.5 Å². The van der Waals surface area contributed by atoms with Crippen LogP contribution in [0.25, 0.3) is 0 Å². The molecule has 0 spiro atoms. The molecule has 0 radical (unpaired) electrons. The van der Waals surface area contributed by atoms with E-state index in [1.165, 1.54) is 4.88 Å². The number of thiophene rings is 1. The SMILES string of the molecule is Cc1ccc(C)c(C(=O)N(C)Cc2ccc(Br)s2)c1. The third-order valence-corrected chi connectivity index (χ3v) is 4.60. The predicted octanol–water partition coefficient (Wildman–Crippen LogP) is 4.40. The van der Waals surface area contributed by atoms with E-state index in [1.54, 1.807) is 16.2 Å². The second-order valence-electron chi connectivity index (χ2n) is 4.69. The molecule has 1 amide bonds. The minimum Gasteiger partial charge on any atom is -0.337 e. The second-order valence-corrected chi connectivity index (χ2v) is 7.23. The van der Waals surface area contributed by atoms with Gasteiger partial charge in [0.05, 0.1) is 10.3 Å². The van der Waals surface area contributed by atoms with Crippen LogP contribution in [0, 0.1) is 13.8 Å². The van der Waals surface area contributed by atoms with E-state index in [2.05, 4.69) is 15.9 Å². The first kappa shape index (κ1) is 14.3. The van der Waals surface area contributed by atoms with Gasteiger partial charge in [0.15, 0.2) is 0 Å². The minimum absolute atomic E-state index is 0.0747. The van der Waals surface area contributed by atoms with E-state index in [0.29, 0.717) is 6.54 Å². The number of carbonyl (C=O) groups is 1. The summed E-state index contributed by atoms with van der Waals surface area (Å²) >= 11 is 5.10. The maximum absolute atomic E-state index is 12.4. The number of amides is 1. The van der Waals surface area contributed by atoms with Crippen LogP contribution in [0.3, 0.4) is 0 Å². The maximum Gasteiger partial charge on any atom is 0.254 e. The smallest absolute Gasteiger partial charge is 0.254 e. The molecule has 19 heavy (non-hydrogen) atoms. The summed E-state index contributed by atoms with van der Waals surface area (Å²) in [6.45, 7) is 4.62. The Bertz CT molecular complexity index is 606. The molecular formula is C15H16BrNOS. The summed E-state index contributed by atoms with van der Waals surface area (Å²) in [5, 5.41) is 0. The van der Waals surface area contributed by atoms with Crippen molar-refractivity contribution in [3.63, 3.8) is 0 Å². The molecule has 0 aliphatic rings. The largest absolute Gasteiger partial charge is 0.337 e. The predicted molar refractivity (Wildman–Crippen MR) is 83.7 cm³/mol. The first-order chi connectivity index (χ1) is 8.97. The van der Waals surface area contributed by atoms with Crippen molar-refractivity contribution in [3.05, 3.63) is 55.7 Å². The van der Waals surface area contributed by atoms with Gasteiger partial charge in [-0.2, -0.15) is 0 Å². The Balaban J connectivity index is 2.16. The molecule has 0 bridgehead atoms. The van der Waals surface area contributed by atoms with Crippen LogP contribution >= 0.6 is 27.3 Å². The zero-order valence-corrected chi connectivity index (χ0v) is 13.6. The zero-order valence-electron chi connectivity index (χ0n) is 11.2. The van der Waals surface area contributed by atoms with Crippen molar-refractivity contribution >= 4 is 33.2 Å². The van der Waals surface area contributed by atoms with Crippen LogP contribution in [-0.2, 0) is 6.54 Å². The molecule has 0 fully saturated rings. The maximum atomic E-state index is 12.4. The molecule has 0 atom stereocenters. The van der Waals surface area contributed by atoms with E-state index >= 15 is 0 Å². The highest BCUT2D eigenvalue weighted by Crippen LogP contribution is 2.23. The quantitative estimate of drug-likeness (QED) is 0.812. The first-order valence-electron chi connectivity index (χ1n) is 6.04. The highest BCUT2D eigenvalue weighted by atomic mass is 79.9. The van der Waals surface area contributed by atoms with Gasteiger partial charge in [-0.25, -0.2) is 0 Å². The minimum atomic E-state index is 0.0747. The van der Waals surface area contributed by atoms with Crippen molar-refractivity contribution in [1.29, 1.82) is 0 Å². The lowest BCUT2D eigenvalue weighted by Crippen LogP contribution is -2.26. The average Bonchev–Trinajstić information content (AvgIpc) is 2.77. The molecule has 2 nitrogen and oxygen atoms in total. The van der Waals surface area contributed by atoms with E-state index in [1.807, 2.05) is 51.2 Å². The third-order valence-electron chi connectivity index (χ3n) is 2.99. The van der Waals surface area contributed by atoms with E-state index in [9.17, 15) is 4.79 Å². The summed E-state index contributed by atoms with van der Waals surface area (Å²) < 4.78 is 1.09. The Kier molecular flexibility index (Phi) is 4.42. The molecule has 1 heterocycles. The van der Waals surface area contributed by atoms with Crippen molar-refractivity contribution < 1.29 is 4.79 Å². The molecule has 0 unspecified atom stereocenters. The van der Waals surface area contributed by atoms with Crippen molar-refractivity contribution in [2.24, 2.45) is 0 Å². The normalized spacial score (nSPS) is 10.5. The van der Waals surface area contributed by atoms with Gasteiger partial charge in [-0.3, -0.25) is 4.79 Å². The second kappa shape index (κ2) is 5.88. The highest BCUT2D eigenvalue weighted by Gasteiger charge is 2.15. The molecule has 1 aromatic carbocycles. The summed E-state index contributed by atoms with van der Waals surface area (Å²) in [5.74, 6) is 0.0747. The van der Waals surface area contributed by atoms with E-state index in [-0.39, 0.29) is 5.91 Å². The lowest BCUT2D eigenvalue weighted by Gasteiger charge is -2.18. The summed E-state index contributed by atoms with van der Waals surface area (Å²) in [6.07, 6.45) is 0. The first-order valence-corrected chi connectivity index (χ1v) is 7.65. The summed E-state index contributed by atoms with van der Waals surface area (Å²) in [5.41, 5.74) is 2.93. The summed E-state index contributed by atoms with van der Waals surface area (Å²) in [7, 11) is 1.84. The van der Waals surface area contributed by atoms with Gasteiger partial charge in [0.2, 0.25) is 0 Å². The fourth-order valence-corrected chi connectivity index (χ4v) is 3.45. The Labute approximate surface area is 126 Å². The monoisotopic (exact) mass is 337 g/mol. The molecule has 2 aromatic rings. The number of aryl methyl sites for hydroxylation is 2. The van der Waals surface area contributed by atoms with Crippen molar-refractivity contribution in [1.82, 2.24) is 4.90 Å². The summed E-state index contributed by atoms with van der Waals surface area (Å²) in [4.78, 5) is 15.4. The number of hydrogen-bond donors (Lipinski definition) is 0. The Morgan fingerprint density at radius 3 is 2.63 bits per heavy atom. The third kappa shape index (κ3) is 3.45. The Morgan fingerprint density at radius 2 is 2.00 bits per heavy atom. The van der Waals surface area contributed by atoms with Crippen molar-refractivity contribution in [3.8, 4) is 0 Å². The van der Waals surface area contributed by atoms with Gasteiger partial charge in [0, 0.05) is 17.5 Å². The number of benzene rings is 1. The number of hydrogen-bond acceptors (Lipinski definition) is 2. The van der Waals surface area contributed by atoms with Crippen LogP contribution in [0.1, 0.15) is 26.4 Å². The highest BCUT2D eigenvalue weighted by molar-refractivity contribution is 9.11. The topological polar surface area (TPSA) is 20.3 Å². The molecule has 0 N–H and O–H groups in total. The standard InChI is InChI=1S/C15H16BrNOS/c1-10-4-5-11(2)13(8-10)15(18)17(3)9-12-6-7-14(16)19-12/h4-8H,9H2,1-3H3. The van der Waals surface area contributed by atoms with Gasteiger partial charge in [-0.1, -0.05) is 17.7 Å². The van der Waals surface area contributed by atoms with Crippen LogP contribution in [0.4, 0.5) is 0 Å². The molecule has 0 aliphatic heterocycles. The van der Waals surface area contributed by atoms with E-state index in [4.69, 9.17) is 0 Å². The number of carbonyl (C=O) groups excluding carboxylic acids is 1. The molecule has 2 rings (SSSR count).